The number of nitrogens with one attached hydrogen (secondary N) is 1. The fourth-order valence-electron chi connectivity index (χ4n) is 2.29. The maximum atomic E-state index is 12.2. The van der Waals surface area contributed by atoms with E-state index in [-0.39, 0.29) is 17.2 Å². The lowest BCUT2D eigenvalue weighted by atomic mass is 9.85. The Kier molecular flexibility index (Phi) is 3.15. The Morgan fingerprint density at radius 1 is 1.39 bits per heavy atom. The second kappa shape index (κ2) is 4.24. The van der Waals surface area contributed by atoms with Crippen molar-refractivity contribution in [2.45, 2.75) is 37.1 Å². The van der Waals surface area contributed by atoms with E-state index in [4.69, 9.17) is 5.73 Å². The monoisotopic (exact) mass is 268 g/mol. The summed E-state index contributed by atoms with van der Waals surface area (Å²) < 4.78 is 24.5. The van der Waals surface area contributed by atoms with Crippen molar-refractivity contribution in [2.24, 2.45) is 5.73 Å². The molecule has 0 radical (unpaired) electrons. The third-order valence-electron chi connectivity index (χ3n) is 3.22. The molecule has 5 heteroatoms. The van der Waals surface area contributed by atoms with Crippen LogP contribution in [0.25, 0.3) is 0 Å². The number of sulfone groups is 1. The smallest absolute Gasteiger partial charge is 0.182 e. The van der Waals surface area contributed by atoms with Crippen molar-refractivity contribution in [1.29, 1.82) is 0 Å². The number of anilines is 1. The molecule has 0 saturated heterocycles. The van der Waals surface area contributed by atoms with Gasteiger partial charge in [0.1, 0.15) is 0 Å². The normalized spacial score (nSPS) is 22.1. The van der Waals surface area contributed by atoms with Gasteiger partial charge in [-0.3, -0.25) is 0 Å². The van der Waals surface area contributed by atoms with Gasteiger partial charge < -0.3 is 11.1 Å². The topological polar surface area (TPSA) is 72.2 Å². The predicted molar refractivity (Wildman–Crippen MR) is 73.7 cm³/mol. The Hall–Kier alpha value is -1.07. The van der Waals surface area contributed by atoms with Crippen LogP contribution in [0.2, 0.25) is 0 Å². The summed E-state index contributed by atoms with van der Waals surface area (Å²) in [5.41, 5.74) is 7.25. The third kappa shape index (κ3) is 2.24. The van der Waals surface area contributed by atoms with Gasteiger partial charge in [-0.1, -0.05) is 32.9 Å². The summed E-state index contributed by atoms with van der Waals surface area (Å²) in [6.45, 7) is 6.53. The van der Waals surface area contributed by atoms with Crippen LogP contribution in [0, 0.1) is 0 Å². The highest BCUT2D eigenvalue weighted by atomic mass is 32.2. The number of nitrogens with two attached hydrogens (primary N) is 1. The lowest BCUT2D eigenvalue weighted by Gasteiger charge is -2.31. The molecule has 1 unspecified atom stereocenters. The number of para-hydroxylation sites is 1. The van der Waals surface area contributed by atoms with Gasteiger partial charge in [0.2, 0.25) is 0 Å². The SMILES string of the molecule is CC(C)(C)c1cccc2c1NC(CN)CS2(=O)=O. The Morgan fingerprint density at radius 2 is 2.06 bits per heavy atom. The van der Waals surface area contributed by atoms with E-state index in [1.54, 1.807) is 12.1 Å². The van der Waals surface area contributed by atoms with E-state index >= 15 is 0 Å². The van der Waals surface area contributed by atoms with E-state index in [1.165, 1.54) is 0 Å². The van der Waals surface area contributed by atoms with Crippen molar-refractivity contribution < 1.29 is 8.42 Å². The molecular weight excluding hydrogens is 248 g/mol. The lowest BCUT2D eigenvalue weighted by Crippen LogP contribution is -2.40. The standard InChI is InChI=1S/C13H20N2O2S/c1-13(2,3)10-5-4-6-11-12(10)15-9(7-14)8-18(11,16)17/h4-6,9,15H,7-8,14H2,1-3H3. The van der Waals surface area contributed by atoms with Crippen molar-refractivity contribution >= 4 is 15.5 Å². The lowest BCUT2D eigenvalue weighted by molar-refractivity contribution is 0.574. The van der Waals surface area contributed by atoms with Crippen molar-refractivity contribution in [1.82, 2.24) is 0 Å². The average molecular weight is 268 g/mol. The summed E-state index contributed by atoms with van der Waals surface area (Å²) in [7, 11) is -3.23. The van der Waals surface area contributed by atoms with E-state index in [0.717, 1.165) is 11.3 Å². The summed E-state index contributed by atoms with van der Waals surface area (Å²) in [6, 6.07) is 5.24. The van der Waals surface area contributed by atoms with Crippen LogP contribution < -0.4 is 11.1 Å². The maximum Gasteiger partial charge on any atom is 0.182 e. The predicted octanol–water partition coefficient (Wildman–Crippen LogP) is 1.51. The minimum Gasteiger partial charge on any atom is -0.379 e. The Labute approximate surface area is 108 Å². The molecule has 0 aromatic heterocycles. The van der Waals surface area contributed by atoms with E-state index in [1.807, 2.05) is 6.07 Å². The van der Waals surface area contributed by atoms with Gasteiger partial charge in [-0.25, -0.2) is 8.42 Å². The highest BCUT2D eigenvalue weighted by Gasteiger charge is 2.32. The summed E-state index contributed by atoms with van der Waals surface area (Å²) in [5, 5.41) is 3.27. The highest BCUT2D eigenvalue weighted by Crippen LogP contribution is 2.37. The molecule has 4 nitrogen and oxygen atoms in total. The van der Waals surface area contributed by atoms with E-state index in [9.17, 15) is 8.42 Å². The first-order valence-electron chi connectivity index (χ1n) is 6.08. The van der Waals surface area contributed by atoms with Gasteiger partial charge in [-0.15, -0.1) is 0 Å². The van der Waals surface area contributed by atoms with Gasteiger partial charge in [-0.2, -0.15) is 0 Å². The van der Waals surface area contributed by atoms with Gasteiger partial charge in [0.05, 0.1) is 22.4 Å². The zero-order valence-corrected chi connectivity index (χ0v) is 11.8. The summed E-state index contributed by atoms with van der Waals surface area (Å²) >= 11 is 0. The third-order valence-corrected chi connectivity index (χ3v) is 5.07. The molecule has 1 aromatic rings. The first kappa shape index (κ1) is 13.4. The van der Waals surface area contributed by atoms with Gasteiger partial charge >= 0.3 is 0 Å². The van der Waals surface area contributed by atoms with Crippen LogP contribution >= 0.6 is 0 Å². The molecule has 1 aromatic carbocycles. The van der Waals surface area contributed by atoms with Gasteiger partial charge in [0.25, 0.3) is 0 Å². The maximum absolute atomic E-state index is 12.2. The van der Waals surface area contributed by atoms with Crippen molar-refractivity contribution in [3.05, 3.63) is 23.8 Å². The molecule has 0 fully saturated rings. The molecule has 1 heterocycles. The highest BCUT2D eigenvalue weighted by molar-refractivity contribution is 7.91. The molecule has 0 saturated carbocycles. The molecular formula is C13H20N2O2S. The Morgan fingerprint density at radius 3 is 2.61 bits per heavy atom. The van der Waals surface area contributed by atoms with Crippen molar-refractivity contribution in [2.75, 3.05) is 17.6 Å². The fraction of sp³-hybridized carbons (Fsp3) is 0.538. The molecule has 0 bridgehead atoms. The molecule has 0 aliphatic carbocycles. The van der Waals surface area contributed by atoms with Crippen molar-refractivity contribution in [3.63, 3.8) is 0 Å². The first-order valence-corrected chi connectivity index (χ1v) is 7.74. The van der Waals surface area contributed by atoms with Gasteiger partial charge in [-0.05, 0) is 17.0 Å². The van der Waals surface area contributed by atoms with Gasteiger partial charge in [0.15, 0.2) is 9.84 Å². The number of rotatable bonds is 1. The minimum absolute atomic E-state index is 0.0735. The second-order valence-electron chi connectivity index (χ2n) is 5.79. The van der Waals surface area contributed by atoms with Crippen LogP contribution in [0.15, 0.2) is 23.1 Å². The Bertz CT molecular complexity index is 559. The number of hydrogen-bond acceptors (Lipinski definition) is 4. The van der Waals surface area contributed by atoms with E-state index in [0.29, 0.717) is 11.4 Å². The average Bonchev–Trinajstić information content (AvgIpc) is 2.26. The number of benzene rings is 1. The minimum atomic E-state index is -3.23. The second-order valence-corrected chi connectivity index (χ2v) is 7.79. The van der Waals surface area contributed by atoms with Crippen LogP contribution in [0.4, 0.5) is 5.69 Å². The van der Waals surface area contributed by atoms with Crippen LogP contribution in [0.1, 0.15) is 26.3 Å². The molecule has 3 N–H and O–H groups in total. The summed E-state index contributed by atoms with van der Waals surface area (Å²) in [5.74, 6) is 0.0735. The zero-order chi connectivity index (χ0) is 13.6. The van der Waals surface area contributed by atoms with E-state index < -0.39 is 9.84 Å². The molecule has 18 heavy (non-hydrogen) atoms. The van der Waals surface area contributed by atoms with E-state index in [2.05, 4.69) is 26.1 Å². The van der Waals surface area contributed by atoms with Crippen LogP contribution in [-0.4, -0.2) is 26.8 Å². The summed E-state index contributed by atoms with van der Waals surface area (Å²) in [6.07, 6.45) is 0. The zero-order valence-electron chi connectivity index (χ0n) is 11.0. The molecule has 0 amide bonds. The molecule has 0 spiro atoms. The molecule has 100 valence electrons. The van der Waals surface area contributed by atoms with Crippen LogP contribution in [0.3, 0.4) is 0 Å². The first-order chi connectivity index (χ1) is 8.25. The number of hydrogen-bond donors (Lipinski definition) is 2. The van der Waals surface area contributed by atoms with Crippen LogP contribution in [-0.2, 0) is 15.3 Å². The van der Waals surface area contributed by atoms with Crippen LogP contribution in [0.5, 0.6) is 0 Å². The fourth-order valence-corrected chi connectivity index (χ4v) is 3.99. The largest absolute Gasteiger partial charge is 0.379 e. The molecule has 1 aliphatic rings. The molecule has 1 atom stereocenters. The van der Waals surface area contributed by atoms with Gasteiger partial charge in [0, 0.05) is 6.54 Å². The summed E-state index contributed by atoms with van der Waals surface area (Å²) in [4.78, 5) is 0.402. The van der Waals surface area contributed by atoms with Crippen molar-refractivity contribution in [3.8, 4) is 0 Å². The Balaban J connectivity index is 2.66. The molecule has 2 rings (SSSR count). The quantitative estimate of drug-likeness (QED) is 0.810. The molecule has 1 aliphatic heterocycles. The number of fused-ring (bicyclic) bond motifs is 1.